The molecular formula is C9H11N3. The molecule has 0 saturated carbocycles. The number of hydrazine groups is 1. The topological polar surface area (TPSA) is 27.3 Å². The lowest BCUT2D eigenvalue weighted by Crippen LogP contribution is -2.49. The summed E-state index contributed by atoms with van der Waals surface area (Å²) in [5.41, 5.74) is 6.01. The molecule has 0 amide bonds. The van der Waals surface area contributed by atoms with E-state index < -0.39 is 0 Å². The average molecular weight is 161 g/mol. The first-order valence-corrected chi connectivity index (χ1v) is 4.28. The zero-order chi connectivity index (χ0) is 7.97. The summed E-state index contributed by atoms with van der Waals surface area (Å²) in [6, 6.07) is 0. The predicted octanol–water partition coefficient (Wildman–Crippen LogP) is 0.464. The number of rotatable bonds is 0. The molecule has 0 aromatic heterocycles. The third-order valence-electron chi connectivity index (χ3n) is 2.55. The van der Waals surface area contributed by atoms with Crippen LogP contribution in [0, 0.1) is 0 Å². The number of hydrogen-bond donors (Lipinski definition) is 2. The highest BCUT2D eigenvalue weighted by atomic mass is 15.6. The van der Waals surface area contributed by atoms with Gasteiger partial charge in [0.05, 0.1) is 0 Å². The van der Waals surface area contributed by atoms with Gasteiger partial charge in [0.1, 0.15) is 6.17 Å². The zero-order valence-electron chi connectivity index (χ0n) is 6.75. The van der Waals surface area contributed by atoms with Crippen LogP contribution in [0.3, 0.4) is 0 Å². The van der Waals surface area contributed by atoms with Crippen LogP contribution in [0.1, 0.15) is 6.42 Å². The van der Waals surface area contributed by atoms with Crippen LogP contribution < -0.4 is 10.7 Å². The van der Waals surface area contributed by atoms with Crippen LogP contribution in [-0.4, -0.2) is 17.7 Å². The standard InChI is InChI=1S/C9H11N3/c1-2-7-6-12-9(4-5-10-12)11-8(7)3-1/h1-2,4-5,9-11H,3,6H2. The predicted molar refractivity (Wildman–Crippen MR) is 46.7 cm³/mol. The summed E-state index contributed by atoms with van der Waals surface area (Å²) in [5.74, 6) is 0. The smallest absolute Gasteiger partial charge is 0.118 e. The van der Waals surface area contributed by atoms with Crippen LogP contribution in [0.4, 0.5) is 0 Å². The summed E-state index contributed by atoms with van der Waals surface area (Å²) in [4.78, 5) is 0. The number of allylic oxidation sites excluding steroid dienone is 1. The summed E-state index contributed by atoms with van der Waals surface area (Å²) in [5, 5.41) is 5.66. The maximum Gasteiger partial charge on any atom is 0.118 e. The molecule has 2 aliphatic heterocycles. The van der Waals surface area contributed by atoms with Crippen molar-refractivity contribution >= 4 is 0 Å². The molecule has 3 aliphatic rings. The highest BCUT2D eigenvalue weighted by Gasteiger charge is 2.27. The maximum atomic E-state index is 3.47. The summed E-state index contributed by atoms with van der Waals surface area (Å²) in [7, 11) is 0. The highest BCUT2D eigenvalue weighted by Crippen LogP contribution is 2.24. The summed E-state index contributed by atoms with van der Waals surface area (Å²) < 4.78 is 0. The van der Waals surface area contributed by atoms with Gasteiger partial charge in [0, 0.05) is 24.9 Å². The van der Waals surface area contributed by atoms with Gasteiger partial charge in [-0.25, -0.2) is 0 Å². The van der Waals surface area contributed by atoms with Crippen molar-refractivity contribution in [3.63, 3.8) is 0 Å². The van der Waals surface area contributed by atoms with Gasteiger partial charge in [0.25, 0.3) is 0 Å². The lowest BCUT2D eigenvalue weighted by Gasteiger charge is -2.31. The SMILES string of the molecule is C1=CC2=C(C1)NC1C=CNN1C2. The van der Waals surface area contributed by atoms with Crippen molar-refractivity contribution < 1.29 is 0 Å². The Bertz CT molecular complexity index is 301. The first kappa shape index (κ1) is 6.31. The molecule has 3 nitrogen and oxygen atoms in total. The fraction of sp³-hybridized carbons (Fsp3) is 0.333. The first-order valence-electron chi connectivity index (χ1n) is 4.28. The van der Waals surface area contributed by atoms with E-state index in [1.807, 2.05) is 6.20 Å². The van der Waals surface area contributed by atoms with E-state index >= 15 is 0 Å². The van der Waals surface area contributed by atoms with Crippen molar-refractivity contribution in [2.45, 2.75) is 12.6 Å². The molecule has 2 N–H and O–H groups in total. The molecule has 3 heteroatoms. The van der Waals surface area contributed by atoms with Crippen LogP contribution in [0.25, 0.3) is 0 Å². The van der Waals surface area contributed by atoms with E-state index in [1.54, 1.807) is 0 Å². The Labute approximate surface area is 71.4 Å². The normalized spacial score (nSPS) is 31.5. The number of fused-ring (bicyclic) bond motifs is 1. The second-order valence-electron chi connectivity index (χ2n) is 3.32. The fourth-order valence-electron chi connectivity index (χ4n) is 1.90. The van der Waals surface area contributed by atoms with E-state index in [0.29, 0.717) is 6.17 Å². The van der Waals surface area contributed by atoms with Crippen LogP contribution in [0.2, 0.25) is 0 Å². The summed E-state index contributed by atoms with van der Waals surface area (Å²) >= 11 is 0. The van der Waals surface area contributed by atoms with Crippen LogP contribution >= 0.6 is 0 Å². The molecule has 0 fully saturated rings. The van der Waals surface area contributed by atoms with Crippen molar-refractivity contribution in [2.24, 2.45) is 0 Å². The monoisotopic (exact) mass is 161 g/mol. The third-order valence-corrected chi connectivity index (χ3v) is 2.55. The lowest BCUT2D eigenvalue weighted by atomic mass is 10.2. The first-order chi connectivity index (χ1) is 5.93. The minimum absolute atomic E-state index is 0.364. The largest absolute Gasteiger partial charge is 0.368 e. The van der Waals surface area contributed by atoms with Gasteiger partial charge in [-0.1, -0.05) is 12.2 Å². The molecule has 0 bridgehead atoms. The van der Waals surface area contributed by atoms with E-state index in [2.05, 4.69) is 34.0 Å². The second-order valence-corrected chi connectivity index (χ2v) is 3.32. The number of nitrogens with zero attached hydrogens (tertiary/aromatic N) is 1. The molecule has 0 radical (unpaired) electrons. The summed E-state index contributed by atoms with van der Waals surface area (Å²) in [6.07, 6.45) is 9.99. The average Bonchev–Trinajstić information content (AvgIpc) is 2.64. The maximum absolute atomic E-state index is 3.47. The Morgan fingerprint density at radius 3 is 3.50 bits per heavy atom. The molecule has 1 aliphatic carbocycles. The van der Waals surface area contributed by atoms with Gasteiger partial charge in [-0.3, -0.25) is 0 Å². The number of hydrogen-bond acceptors (Lipinski definition) is 3. The fourth-order valence-corrected chi connectivity index (χ4v) is 1.90. The quantitative estimate of drug-likeness (QED) is 0.540. The molecule has 0 saturated heterocycles. The Morgan fingerprint density at radius 2 is 2.50 bits per heavy atom. The van der Waals surface area contributed by atoms with Crippen molar-refractivity contribution in [1.29, 1.82) is 0 Å². The third kappa shape index (κ3) is 0.741. The molecule has 1 unspecified atom stereocenters. The molecule has 0 aromatic rings. The molecule has 3 rings (SSSR count). The van der Waals surface area contributed by atoms with E-state index in [0.717, 1.165) is 13.0 Å². The van der Waals surface area contributed by atoms with E-state index in [1.165, 1.54) is 11.3 Å². The highest BCUT2D eigenvalue weighted by molar-refractivity contribution is 5.37. The van der Waals surface area contributed by atoms with Crippen molar-refractivity contribution in [3.05, 3.63) is 35.7 Å². The van der Waals surface area contributed by atoms with Crippen molar-refractivity contribution in [3.8, 4) is 0 Å². The van der Waals surface area contributed by atoms with Crippen LogP contribution in [-0.2, 0) is 0 Å². The molecule has 12 heavy (non-hydrogen) atoms. The van der Waals surface area contributed by atoms with Crippen LogP contribution in [0.5, 0.6) is 0 Å². The van der Waals surface area contributed by atoms with Gasteiger partial charge in [0.15, 0.2) is 0 Å². The van der Waals surface area contributed by atoms with Crippen molar-refractivity contribution in [1.82, 2.24) is 15.8 Å². The van der Waals surface area contributed by atoms with Gasteiger partial charge < -0.3 is 10.7 Å². The molecule has 1 atom stereocenters. The van der Waals surface area contributed by atoms with Crippen LogP contribution in [0.15, 0.2) is 35.7 Å². The van der Waals surface area contributed by atoms with Gasteiger partial charge in [-0.15, -0.1) is 0 Å². The molecular weight excluding hydrogens is 150 g/mol. The minimum atomic E-state index is 0.364. The second kappa shape index (κ2) is 2.14. The Morgan fingerprint density at radius 1 is 1.50 bits per heavy atom. The van der Waals surface area contributed by atoms with Crippen molar-refractivity contribution in [2.75, 3.05) is 6.54 Å². The summed E-state index contributed by atoms with van der Waals surface area (Å²) in [6.45, 7) is 1.01. The molecule has 0 aromatic carbocycles. The molecule has 62 valence electrons. The van der Waals surface area contributed by atoms with E-state index in [9.17, 15) is 0 Å². The zero-order valence-corrected chi connectivity index (χ0v) is 6.75. The Hall–Kier alpha value is -1.22. The lowest BCUT2D eigenvalue weighted by molar-refractivity contribution is 0.187. The van der Waals surface area contributed by atoms with Gasteiger partial charge in [-0.2, -0.15) is 5.01 Å². The van der Waals surface area contributed by atoms with E-state index in [4.69, 9.17) is 0 Å². The Kier molecular flexibility index (Phi) is 1.12. The molecule has 0 spiro atoms. The van der Waals surface area contributed by atoms with Gasteiger partial charge in [-0.05, 0) is 11.6 Å². The molecule has 2 heterocycles. The minimum Gasteiger partial charge on any atom is -0.368 e. The number of nitrogens with one attached hydrogen (secondary N) is 2. The van der Waals surface area contributed by atoms with Gasteiger partial charge >= 0.3 is 0 Å². The Balaban J connectivity index is 1.91. The van der Waals surface area contributed by atoms with Gasteiger partial charge in [0.2, 0.25) is 0 Å². The van der Waals surface area contributed by atoms with E-state index in [-0.39, 0.29) is 0 Å².